The molecule has 1 fully saturated rings. The fraction of sp³-hybridized carbons (Fsp3) is 0.619. The van der Waals surface area contributed by atoms with Gasteiger partial charge in [-0.3, -0.25) is 14.5 Å². The predicted octanol–water partition coefficient (Wildman–Crippen LogP) is 1.97. The van der Waals surface area contributed by atoms with Gasteiger partial charge in [-0.2, -0.15) is 0 Å². The molecule has 0 aromatic heterocycles. The minimum absolute atomic E-state index is 0.0440. The third kappa shape index (κ3) is 5.16. The van der Waals surface area contributed by atoms with E-state index in [0.717, 1.165) is 42.9 Å². The van der Waals surface area contributed by atoms with Gasteiger partial charge in [-0.25, -0.2) is 0 Å². The maximum Gasteiger partial charge on any atom is 0.237 e. The molecule has 7 heteroatoms. The van der Waals surface area contributed by atoms with E-state index in [1.807, 2.05) is 36.9 Å². The fourth-order valence-corrected chi connectivity index (χ4v) is 3.79. The Labute approximate surface area is 167 Å². The van der Waals surface area contributed by atoms with E-state index < -0.39 is 0 Å². The van der Waals surface area contributed by atoms with Crippen LogP contribution in [0.15, 0.2) is 18.2 Å². The summed E-state index contributed by atoms with van der Waals surface area (Å²) in [4.78, 5) is 28.5. The first kappa shape index (κ1) is 20.5. The monoisotopic (exact) mass is 389 g/mol. The maximum absolute atomic E-state index is 12.9. The normalized spacial score (nSPS) is 19.0. The number of rotatable bonds is 6. The van der Waals surface area contributed by atoms with Gasteiger partial charge in [0.05, 0.1) is 32.3 Å². The number of benzene rings is 1. The number of hydrogen-bond donors (Lipinski definition) is 1. The summed E-state index contributed by atoms with van der Waals surface area (Å²) >= 11 is 0. The summed E-state index contributed by atoms with van der Waals surface area (Å²) in [5, 5.41) is 2.85. The predicted molar refractivity (Wildman–Crippen MR) is 107 cm³/mol. The molecule has 0 spiro atoms. The Kier molecular flexibility index (Phi) is 6.78. The van der Waals surface area contributed by atoms with E-state index in [0.29, 0.717) is 13.2 Å². The molecule has 2 amide bonds. The molecule has 0 bridgehead atoms. The van der Waals surface area contributed by atoms with Gasteiger partial charge in [0.2, 0.25) is 11.8 Å². The molecule has 0 saturated carbocycles. The smallest absolute Gasteiger partial charge is 0.237 e. The Bertz CT molecular complexity index is 707. The van der Waals surface area contributed by atoms with E-state index in [2.05, 4.69) is 5.32 Å². The molecule has 2 aliphatic rings. The largest absolute Gasteiger partial charge is 0.490 e. The van der Waals surface area contributed by atoms with Gasteiger partial charge in [0.1, 0.15) is 0 Å². The number of fused-ring (bicyclic) bond motifs is 1. The van der Waals surface area contributed by atoms with Crippen LogP contribution in [-0.2, 0) is 9.59 Å². The maximum atomic E-state index is 12.9. The first-order valence-electron chi connectivity index (χ1n) is 10.1. The lowest BCUT2D eigenvalue weighted by Gasteiger charge is -2.28. The van der Waals surface area contributed by atoms with Crippen LogP contribution >= 0.6 is 0 Å². The van der Waals surface area contributed by atoms with Crippen molar-refractivity contribution in [3.8, 4) is 11.5 Å². The van der Waals surface area contributed by atoms with Gasteiger partial charge in [-0.05, 0) is 51.4 Å². The van der Waals surface area contributed by atoms with Crippen molar-refractivity contribution in [2.24, 2.45) is 0 Å². The Hall–Kier alpha value is -2.28. The van der Waals surface area contributed by atoms with Crippen LogP contribution < -0.4 is 14.8 Å². The molecular formula is C21H31N3O4. The molecule has 0 unspecified atom stereocenters. The highest BCUT2D eigenvalue weighted by molar-refractivity contribution is 5.81. The van der Waals surface area contributed by atoms with Crippen LogP contribution in [-0.4, -0.2) is 67.6 Å². The van der Waals surface area contributed by atoms with Crippen molar-refractivity contribution in [2.75, 3.05) is 39.9 Å². The van der Waals surface area contributed by atoms with E-state index in [1.54, 1.807) is 11.9 Å². The molecule has 1 N–H and O–H groups in total. The quantitative estimate of drug-likeness (QED) is 0.805. The number of nitrogens with zero attached hydrogens (tertiary/aromatic N) is 2. The molecule has 0 radical (unpaired) electrons. The zero-order valence-electron chi connectivity index (χ0n) is 17.1. The summed E-state index contributed by atoms with van der Waals surface area (Å²) in [6.45, 7) is 6.34. The Morgan fingerprint density at radius 1 is 1.18 bits per heavy atom. The van der Waals surface area contributed by atoms with Crippen molar-refractivity contribution in [1.82, 2.24) is 15.1 Å². The topological polar surface area (TPSA) is 71.1 Å². The Morgan fingerprint density at radius 3 is 2.68 bits per heavy atom. The van der Waals surface area contributed by atoms with Crippen molar-refractivity contribution >= 4 is 11.8 Å². The van der Waals surface area contributed by atoms with Crippen LogP contribution in [0.25, 0.3) is 0 Å². The minimum atomic E-state index is -0.0637. The van der Waals surface area contributed by atoms with Crippen molar-refractivity contribution in [1.29, 1.82) is 0 Å². The summed E-state index contributed by atoms with van der Waals surface area (Å²) in [6.07, 6.45) is 2.78. The number of carbonyl (C=O) groups is 2. The zero-order valence-corrected chi connectivity index (χ0v) is 17.1. The second kappa shape index (κ2) is 9.28. The van der Waals surface area contributed by atoms with Crippen LogP contribution in [0.3, 0.4) is 0 Å². The van der Waals surface area contributed by atoms with Crippen molar-refractivity contribution in [3.05, 3.63) is 23.8 Å². The molecule has 3 rings (SSSR count). The Balaban J connectivity index is 1.63. The first-order valence-corrected chi connectivity index (χ1v) is 10.1. The molecule has 1 atom stereocenters. The van der Waals surface area contributed by atoms with Crippen LogP contribution in [0.2, 0.25) is 0 Å². The third-order valence-electron chi connectivity index (χ3n) is 5.00. The van der Waals surface area contributed by atoms with Crippen LogP contribution in [0, 0.1) is 0 Å². The van der Waals surface area contributed by atoms with Gasteiger partial charge in [0.25, 0.3) is 0 Å². The molecule has 7 nitrogen and oxygen atoms in total. The standard InChI is InChI=1S/C21H31N3O4/c1-15(2)22-20(25)13-23(3)14-21(26)24-9-4-6-17(24)16-7-8-18-19(12-16)28-11-5-10-27-18/h7-8,12,15,17H,4-6,9-11,13-14H2,1-3H3,(H,22,25)/t17-/m0/s1. The lowest BCUT2D eigenvalue weighted by atomic mass is 10.0. The number of ether oxygens (including phenoxy) is 2. The summed E-state index contributed by atoms with van der Waals surface area (Å²) in [6, 6.07) is 6.13. The highest BCUT2D eigenvalue weighted by Gasteiger charge is 2.31. The van der Waals surface area contributed by atoms with Gasteiger partial charge >= 0.3 is 0 Å². The molecule has 1 aromatic carbocycles. The van der Waals surface area contributed by atoms with E-state index in [-0.39, 0.29) is 37.0 Å². The van der Waals surface area contributed by atoms with Crippen LogP contribution in [0.5, 0.6) is 11.5 Å². The highest BCUT2D eigenvalue weighted by atomic mass is 16.5. The second-order valence-corrected chi connectivity index (χ2v) is 7.90. The average molecular weight is 389 g/mol. The summed E-state index contributed by atoms with van der Waals surface area (Å²) in [5.41, 5.74) is 1.08. The number of nitrogens with one attached hydrogen (secondary N) is 1. The van der Waals surface area contributed by atoms with Crippen molar-refractivity contribution in [2.45, 2.75) is 45.2 Å². The number of amides is 2. The highest BCUT2D eigenvalue weighted by Crippen LogP contribution is 2.37. The summed E-state index contributed by atoms with van der Waals surface area (Å²) in [5.74, 6) is 1.52. The van der Waals surface area contributed by atoms with Gasteiger partial charge < -0.3 is 19.7 Å². The molecule has 2 heterocycles. The number of likely N-dealkylation sites (N-methyl/N-ethyl adjacent to an activating group) is 1. The van der Waals surface area contributed by atoms with Gasteiger partial charge in [-0.15, -0.1) is 0 Å². The van der Waals surface area contributed by atoms with Crippen LogP contribution in [0.4, 0.5) is 0 Å². The molecular weight excluding hydrogens is 358 g/mol. The van der Waals surface area contributed by atoms with Gasteiger partial charge in [-0.1, -0.05) is 6.07 Å². The number of likely N-dealkylation sites (tertiary alicyclic amines) is 1. The van der Waals surface area contributed by atoms with Gasteiger partial charge in [0.15, 0.2) is 11.5 Å². The molecule has 0 aliphatic carbocycles. The van der Waals surface area contributed by atoms with E-state index in [1.165, 1.54) is 0 Å². The lowest BCUT2D eigenvalue weighted by Crippen LogP contribution is -2.43. The molecule has 2 aliphatic heterocycles. The zero-order chi connectivity index (χ0) is 20.1. The lowest BCUT2D eigenvalue weighted by molar-refractivity contribution is -0.133. The van der Waals surface area contributed by atoms with Crippen LogP contribution in [0.1, 0.15) is 44.7 Å². The van der Waals surface area contributed by atoms with E-state index in [4.69, 9.17) is 9.47 Å². The second-order valence-electron chi connectivity index (χ2n) is 7.90. The first-order chi connectivity index (χ1) is 13.4. The summed E-state index contributed by atoms with van der Waals surface area (Å²) in [7, 11) is 1.80. The number of carbonyl (C=O) groups excluding carboxylic acids is 2. The molecule has 1 saturated heterocycles. The fourth-order valence-electron chi connectivity index (χ4n) is 3.79. The summed E-state index contributed by atoms with van der Waals surface area (Å²) < 4.78 is 11.5. The molecule has 154 valence electrons. The van der Waals surface area contributed by atoms with Crippen molar-refractivity contribution in [3.63, 3.8) is 0 Å². The SMILES string of the molecule is CC(C)NC(=O)CN(C)CC(=O)N1CCC[C@H]1c1ccc2c(c1)OCCCO2. The molecule has 28 heavy (non-hydrogen) atoms. The van der Waals surface area contributed by atoms with Crippen molar-refractivity contribution < 1.29 is 19.1 Å². The Morgan fingerprint density at radius 2 is 1.93 bits per heavy atom. The minimum Gasteiger partial charge on any atom is -0.490 e. The van der Waals surface area contributed by atoms with Gasteiger partial charge in [0, 0.05) is 19.0 Å². The number of hydrogen-bond acceptors (Lipinski definition) is 5. The van der Waals surface area contributed by atoms with E-state index in [9.17, 15) is 9.59 Å². The van der Waals surface area contributed by atoms with E-state index >= 15 is 0 Å². The third-order valence-corrected chi connectivity index (χ3v) is 5.00. The average Bonchev–Trinajstić information content (AvgIpc) is 2.99. The molecule has 1 aromatic rings.